The van der Waals surface area contributed by atoms with Crippen molar-refractivity contribution in [1.82, 2.24) is 0 Å². The summed E-state index contributed by atoms with van der Waals surface area (Å²) >= 11 is 6.08. The number of carbonyl (C=O) groups excluding carboxylic acids is 1. The monoisotopic (exact) mass is 408 g/mol. The Morgan fingerprint density at radius 2 is 1.81 bits per heavy atom. The Morgan fingerprint density at radius 3 is 2.41 bits per heavy atom. The van der Waals surface area contributed by atoms with Crippen molar-refractivity contribution in [2.45, 2.75) is 40.2 Å². The summed E-state index contributed by atoms with van der Waals surface area (Å²) in [6.07, 6.45) is 1.41. The van der Waals surface area contributed by atoms with Crippen LogP contribution < -0.4 is 9.62 Å². The first kappa shape index (κ1) is 21.3. The van der Waals surface area contributed by atoms with Gasteiger partial charge in [0.05, 0.1) is 11.9 Å². The predicted molar refractivity (Wildman–Crippen MR) is 112 cm³/mol. The number of hydrogen-bond acceptors (Lipinski definition) is 3. The zero-order valence-corrected chi connectivity index (χ0v) is 17.8. The zero-order valence-electron chi connectivity index (χ0n) is 16.2. The Hall–Kier alpha value is -2.05. The standard InChI is InChI=1S/C20H25ClN2O3S/c1-6-18(20(24)22-17-9-7-8-13(2)15(17)4)23(27(5,25)26)19-12-16(21)11-10-14(19)3/h7-12,18H,6H2,1-5H3,(H,22,24)/t18-/m1/s1. The topological polar surface area (TPSA) is 66.5 Å². The number of aryl methyl sites for hydroxylation is 2. The summed E-state index contributed by atoms with van der Waals surface area (Å²) in [6, 6.07) is 9.74. The quantitative estimate of drug-likeness (QED) is 0.767. The van der Waals surface area contributed by atoms with E-state index in [2.05, 4.69) is 5.32 Å². The number of halogens is 1. The van der Waals surface area contributed by atoms with Crippen LogP contribution in [0.15, 0.2) is 36.4 Å². The first-order valence-electron chi connectivity index (χ1n) is 8.69. The van der Waals surface area contributed by atoms with Gasteiger partial charge in [-0.15, -0.1) is 0 Å². The maximum atomic E-state index is 13.0. The van der Waals surface area contributed by atoms with E-state index in [0.29, 0.717) is 22.8 Å². The molecule has 0 radical (unpaired) electrons. The first-order valence-corrected chi connectivity index (χ1v) is 10.9. The lowest BCUT2D eigenvalue weighted by atomic mass is 10.1. The number of amides is 1. The van der Waals surface area contributed by atoms with Crippen LogP contribution in [0.3, 0.4) is 0 Å². The summed E-state index contributed by atoms with van der Waals surface area (Å²) in [5, 5.41) is 3.29. The molecule has 0 heterocycles. The molecule has 0 spiro atoms. The van der Waals surface area contributed by atoms with Gasteiger partial charge in [-0.2, -0.15) is 0 Å². The fourth-order valence-electron chi connectivity index (χ4n) is 2.96. The van der Waals surface area contributed by atoms with Crippen molar-refractivity contribution in [2.75, 3.05) is 15.9 Å². The van der Waals surface area contributed by atoms with Crippen molar-refractivity contribution in [1.29, 1.82) is 0 Å². The van der Waals surface area contributed by atoms with Gasteiger partial charge >= 0.3 is 0 Å². The van der Waals surface area contributed by atoms with Crippen LogP contribution in [0.25, 0.3) is 0 Å². The number of sulfonamides is 1. The van der Waals surface area contributed by atoms with Crippen LogP contribution >= 0.6 is 11.6 Å². The number of anilines is 2. The molecule has 2 rings (SSSR count). The molecule has 0 bridgehead atoms. The van der Waals surface area contributed by atoms with Gasteiger partial charge in [0.15, 0.2) is 0 Å². The van der Waals surface area contributed by atoms with Crippen LogP contribution in [-0.4, -0.2) is 26.6 Å². The lowest BCUT2D eigenvalue weighted by Gasteiger charge is -2.31. The number of nitrogens with one attached hydrogen (secondary N) is 1. The molecule has 0 aliphatic carbocycles. The molecule has 0 aromatic heterocycles. The molecule has 1 amide bonds. The Labute approximate surface area is 166 Å². The molecule has 7 heteroatoms. The van der Waals surface area contributed by atoms with Gasteiger partial charge in [-0.1, -0.05) is 36.7 Å². The van der Waals surface area contributed by atoms with Crippen LogP contribution in [0.2, 0.25) is 5.02 Å². The molecule has 2 aromatic rings. The van der Waals surface area contributed by atoms with Gasteiger partial charge in [-0.25, -0.2) is 8.42 Å². The van der Waals surface area contributed by atoms with E-state index in [0.717, 1.165) is 27.3 Å². The molecule has 5 nitrogen and oxygen atoms in total. The molecule has 146 valence electrons. The van der Waals surface area contributed by atoms with Gasteiger partial charge < -0.3 is 5.32 Å². The smallest absolute Gasteiger partial charge is 0.248 e. The second-order valence-corrected chi connectivity index (χ2v) is 8.95. The lowest BCUT2D eigenvalue weighted by molar-refractivity contribution is -0.117. The molecular weight excluding hydrogens is 384 g/mol. The van der Waals surface area contributed by atoms with Crippen molar-refractivity contribution in [3.8, 4) is 0 Å². The fourth-order valence-corrected chi connectivity index (χ4v) is 4.39. The van der Waals surface area contributed by atoms with Crippen molar-refractivity contribution in [3.63, 3.8) is 0 Å². The highest BCUT2D eigenvalue weighted by atomic mass is 35.5. The number of hydrogen-bond donors (Lipinski definition) is 1. The van der Waals surface area contributed by atoms with Crippen LogP contribution in [0.5, 0.6) is 0 Å². The molecule has 0 saturated carbocycles. The van der Waals surface area contributed by atoms with E-state index in [1.165, 1.54) is 0 Å². The molecule has 27 heavy (non-hydrogen) atoms. The Balaban J connectivity index is 2.48. The van der Waals surface area contributed by atoms with E-state index < -0.39 is 16.1 Å². The Kier molecular flexibility index (Phi) is 6.54. The number of benzene rings is 2. The summed E-state index contributed by atoms with van der Waals surface area (Å²) in [5.41, 5.74) is 3.81. The van der Waals surface area contributed by atoms with Crippen LogP contribution in [-0.2, 0) is 14.8 Å². The molecule has 0 unspecified atom stereocenters. The molecule has 0 aliphatic heterocycles. The average Bonchev–Trinajstić information content (AvgIpc) is 2.58. The molecule has 0 aliphatic rings. The van der Waals surface area contributed by atoms with E-state index in [4.69, 9.17) is 11.6 Å². The fraction of sp³-hybridized carbons (Fsp3) is 0.350. The summed E-state index contributed by atoms with van der Waals surface area (Å²) in [5.74, 6) is -0.379. The highest BCUT2D eigenvalue weighted by Crippen LogP contribution is 2.30. The SMILES string of the molecule is CC[C@H](C(=O)Nc1cccc(C)c1C)N(c1cc(Cl)ccc1C)S(C)(=O)=O. The van der Waals surface area contributed by atoms with Gasteiger partial charge in [0.2, 0.25) is 15.9 Å². The summed E-state index contributed by atoms with van der Waals surface area (Å²) in [7, 11) is -3.71. The minimum atomic E-state index is -3.71. The van der Waals surface area contributed by atoms with E-state index >= 15 is 0 Å². The second-order valence-electron chi connectivity index (χ2n) is 6.65. The molecule has 0 saturated heterocycles. The number of nitrogens with zero attached hydrogens (tertiary/aromatic N) is 1. The summed E-state index contributed by atoms with van der Waals surface area (Å²) in [6.45, 7) is 7.45. The van der Waals surface area contributed by atoms with Gasteiger partial charge in [-0.3, -0.25) is 9.10 Å². The van der Waals surface area contributed by atoms with Crippen molar-refractivity contribution in [3.05, 3.63) is 58.1 Å². The van der Waals surface area contributed by atoms with Gasteiger partial charge in [-0.05, 0) is 62.1 Å². The maximum absolute atomic E-state index is 13.0. The van der Waals surface area contributed by atoms with Crippen molar-refractivity contribution in [2.24, 2.45) is 0 Å². The largest absolute Gasteiger partial charge is 0.324 e. The highest BCUT2D eigenvalue weighted by molar-refractivity contribution is 7.92. The summed E-state index contributed by atoms with van der Waals surface area (Å²) in [4.78, 5) is 13.0. The zero-order chi connectivity index (χ0) is 20.4. The third-order valence-corrected chi connectivity index (χ3v) is 6.00. The van der Waals surface area contributed by atoms with E-state index in [-0.39, 0.29) is 5.91 Å². The van der Waals surface area contributed by atoms with Crippen LogP contribution in [0.4, 0.5) is 11.4 Å². The van der Waals surface area contributed by atoms with E-state index in [1.807, 2.05) is 32.0 Å². The highest BCUT2D eigenvalue weighted by Gasteiger charge is 2.32. The van der Waals surface area contributed by atoms with Gasteiger partial charge in [0, 0.05) is 10.7 Å². The van der Waals surface area contributed by atoms with Crippen molar-refractivity contribution < 1.29 is 13.2 Å². The second kappa shape index (κ2) is 8.31. The molecule has 1 N–H and O–H groups in total. The van der Waals surface area contributed by atoms with Crippen LogP contribution in [0, 0.1) is 20.8 Å². The number of carbonyl (C=O) groups is 1. The normalized spacial score (nSPS) is 12.5. The van der Waals surface area contributed by atoms with Gasteiger partial charge in [0.1, 0.15) is 6.04 Å². The molecular formula is C20H25ClN2O3S. The van der Waals surface area contributed by atoms with Crippen molar-refractivity contribution >= 4 is 38.9 Å². The molecule has 1 atom stereocenters. The third kappa shape index (κ3) is 4.82. The van der Waals surface area contributed by atoms with E-state index in [1.54, 1.807) is 32.0 Å². The molecule has 0 fully saturated rings. The Morgan fingerprint density at radius 1 is 1.15 bits per heavy atom. The van der Waals surface area contributed by atoms with Crippen LogP contribution in [0.1, 0.15) is 30.0 Å². The van der Waals surface area contributed by atoms with E-state index in [9.17, 15) is 13.2 Å². The maximum Gasteiger partial charge on any atom is 0.248 e. The first-order chi connectivity index (χ1) is 12.6. The molecule has 2 aromatic carbocycles. The summed E-state index contributed by atoms with van der Waals surface area (Å²) < 4.78 is 26.3. The minimum absolute atomic E-state index is 0.315. The average molecular weight is 409 g/mol. The Bertz CT molecular complexity index is 958. The predicted octanol–water partition coefficient (Wildman–Crippen LogP) is 4.45. The number of rotatable bonds is 6. The minimum Gasteiger partial charge on any atom is -0.324 e. The van der Waals surface area contributed by atoms with Gasteiger partial charge in [0.25, 0.3) is 0 Å². The lowest BCUT2D eigenvalue weighted by Crippen LogP contribution is -2.47. The third-order valence-electron chi connectivity index (χ3n) is 4.60.